The predicted molar refractivity (Wildman–Crippen MR) is 70.8 cm³/mol. The zero-order valence-electron chi connectivity index (χ0n) is 10.5. The number of hydrogen-bond donors (Lipinski definition) is 1. The Bertz CT molecular complexity index is 607. The monoisotopic (exact) mass is 327 g/mol. The largest absolute Gasteiger partial charge is 0.465 e. The van der Waals surface area contributed by atoms with Gasteiger partial charge in [-0.2, -0.15) is 0 Å². The van der Waals surface area contributed by atoms with Crippen molar-refractivity contribution in [2.24, 2.45) is 0 Å². The Morgan fingerprint density at radius 3 is 2.65 bits per heavy atom. The molecule has 0 aliphatic heterocycles. The summed E-state index contributed by atoms with van der Waals surface area (Å²) in [6.07, 6.45) is -0.183. The highest BCUT2D eigenvalue weighted by molar-refractivity contribution is 7.92. The van der Waals surface area contributed by atoms with Gasteiger partial charge in [0.15, 0.2) is 0 Å². The average Bonchev–Trinajstić information content (AvgIpc) is 2.39. The molecule has 0 radical (unpaired) electrons. The number of methoxy groups -OCH3 is 1. The number of halogens is 3. The van der Waals surface area contributed by atoms with E-state index in [-0.39, 0.29) is 12.1 Å². The summed E-state index contributed by atoms with van der Waals surface area (Å²) >= 11 is 5.79. The lowest BCUT2D eigenvalue weighted by atomic mass is 10.2. The molecule has 0 saturated carbocycles. The molecular weight excluding hydrogens is 316 g/mol. The van der Waals surface area contributed by atoms with E-state index >= 15 is 0 Å². The lowest BCUT2D eigenvalue weighted by Gasteiger charge is -2.11. The first-order chi connectivity index (χ1) is 9.32. The van der Waals surface area contributed by atoms with Gasteiger partial charge in [-0.3, -0.25) is 9.11 Å². The van der Waals surface area contributed by atoms with Crippen LogP contribution in [0.15, 0.2) is 12.1 Å². The quantitative estimate of drug-likeness (QED) is 0.814. The van der Waals surface area contributed by atoms with Gasteiger partial charge in [0.05, 0.1) is 30.2 Å². The Kier molecular flexibility index (Phi) is 5.70. The molecule has 5 nitrogen and oxygen atoms in total. The molecule has 1 aromatic carbocycles. The van der Waals surface area contributed by atoms with Crippen LogP contribution < -0.4 is 4.72 Å². The van der Waals surface area contributed by atoms with Gasteiger partial charge < -0.3 is 4.74 Å². The molecule has 0 aromatic heterocycles. The number of carbonyl (C=O) groups excluding carboxylic acids is 1. The third-order valence-electron chi connectivity index (χ3n) is 2.29. The minimum absolute atomic E-state index is 0.174. The van der Waals surface area contributed by atoms with Crippen molar-refractivity contribution in [1.29, 1.82) is 0 Å². The summed E-state index contributed by atoms with van der Waals surface area (Å²) < 4.78 is 55.1. The van der Waals surface area contributed by atoms with Crippen LogP contribution in [0, 0.1) is 5.82 Å². The number of anilines is 1. The molecule has 1 aromatic rings. The van der Waals surface area contributed by atoms with Crippen molar-refractivity contribution < 1.29 is 26.7 Å². The zero-order chi connectivity index (χ0) is 15.3. The third-order valence-corrected chi connectivity index (χ3v) is 4.04. The van der Waals surface area contributed by atoms with E-state index in [9.17, 15) is 22.0 Å². The second-order valence-electron chi connectivity index (χ2n) is 3.74. The highest BCUT2D eigenvalue weighted by Gasteiger charge is 2.21. The lowest BCUT2D eigenvalue weighted by molar-refractivity contribution is 0.0596. The van der Waals surface area contributed by atoms with Gasteiger partial charge in [-0.1, -0.05) is 11.6 Å². The number of esters is 1. The number of sulfonamides is 1. The summed E-state index contributed by atoms with van der Waals surface area (Å²) in [6, 6.07) is 1.95. The van der Waals surface area contributed by atoms with Crippen molar-refractivity contribution in [3.63, 3.8) is 0 Å². The number of nitrogens with one attached hydrogen (secondary N) is 1. The van der Waals surface area contributed by atoms with Crippen molar-refractivity contribution in [3.05, 3.63) is 28.5 Å². The Hall–Kier alpha value is -1.41. The summed E-state index contributed by atoms with van der Waals surface area (Å²) in [7, 11) is -2.79. The fourth-order valence-corrected chi connectivity index (χ4v) is 2.81. The normalized spacial score (nSPS) is 11.2. The number of benzene rings is 1. The fourth-order valence-electron chi connectivity index (χ4n) is 1.38. The summed E-state index contributed by atoms with van der Waals surface area (Å²) in [5.41, 5.74) is -0.743. The number of carbonyl (C=O) groups is 1. The van der Waals surface area contributed by atoms with E-state index in [1.807, 2.05) is 0 Å². The Labute approximate surface area is 119 Å². The van der Waals surface area contributed by atoms with Gasteiger partial charge in [0.25, 0.3) is 0 Å². The SMILES string of the molecule is COC(=O)c1c(F)ccc(NS(=O)(=O)CCCF)c1Cl. The molecule has 0 fully saturated rings. The maximum atomic E-state index is 13.5. The first kappa shape index (κ1) is 16.6. The molecule has 9 heteroatoms. The fraction of sp³-hybridized carbons (Fsp3) is 0.364. The lowest BCUT2D eigenvalue weighted by Crippen LogP contribution is -2.18. The average molecular weight is 328 g/mol. The van der Waals surface area contributed by atoms with Crippen LogP contribution in [0.4, 0.5) is 14.5 Å². The van der Waals surface area contributed by atoms with Crippen LogP contribution in [0.1, 0.15) is 16.8 Å². The summed E-state index contributed by atoms with van der Waals surface area (Å²) in [5, 5.41) is -0.416. The van der Waals surface area contributed by atoms with Gasteiger partial charge >= 0.3 is 5.97 Å². The predicted octanol–water partition coefficient (Wildman–Crippen LogP) is 2.37. The molecule has 0 bridgehead atoms. The minimum Gasteiger partial charge on any atom is -0.465 e. The Morgan fingerprint density at radius 2 is 2.10 bits per heavy atom. The summed E-state index contributed by atoms with van der Waals surface area (Å²) in [6.45, 7) is -0.786. The topological polar surface area (TPSA) is 72.5 Å². The second kappa shape index (κ2) is 6.85. The molecule has 0 aliphatic rings. The van der Waals surface area contributed by atoms with Crippen molar-refractivity contribution in [1.82, 2.24) is 0 Å². The van der Waals surface area contributed by atoms with Gasteiger partial charge in [0, 0.05) is 0 Å². The number of rotatable bonds is 6. The molecule has 0 spiro atoms. The van der Waals surface area contributed by atoms with E-state index in [1.165, 1.54) is 0 Å². The van der Waals surface area contributed by atoms with Crippen LogP contribution in [0.2, 0.25) is 5.02 Å². The molecule has 1 rings (SSSR count). The first-order valence-electron chi connectivity index (χ1n) is 5.45. The molecule has 0 heterocycles. The van der Waals surface area contributed by atoms with Gasteiger partial charge in [-0.05, 0) is 18.6 Å². The Balaban J connectivity index is 3.12. The number of ether oxygens (including phenoxy) is 1. The van der Waals surface area contributed by atoms with E-state index in [1.54, 1.807) is 0 Å². The van der Waals surface area contributed by atoms with E-state index < -0.39 is 44.8 Å². The summed E-state index contributed by atoms with van der Waals surface area (Å²) in [4.78, 5) is 11.4. The molecule has 0 unspecified atom stereocenters. The van der Waals surface area contributed by atoms with Crippen LogP contribution >= 0.6 is 11.6 Å². The molecule has 112 valence electrons. The highest BCUT2D eigenvalue weighted by atomic mass is 35.5. The van der Waals surface area contributed by atoms with Crippen molar-refractivity contribution >= 4 is 33.3 Å². The zero-order valence-corrected chi connectivity index (χ0v) is 12.0. The van der Waals surface area contributed by atoms with Gasteiger partial charge in [-0.15, -0.1) is 0 Å². The number of alkyl halides is 1. The summed E-state index contributed by atoms with van der Waals surface area (Å²) in [5.74, 6) is -2.42. The van der Waals surface area contributed by atoms with E-state index in [0.29, 0.717) is 0 Å². The van der Waals surface area contributed by atoms with Crippen LogP contribution in [0.25, 0.3) is 0 Å². The van der Waals surface area contributed by atoms with Crippen LogP contribution in [-0.2, 0) is 14.8 Å². The van der Waals surface area contributed by atoms with Crippen LogP contribution in [-0.4, -0.2) is 33.9 Å². The molecule has 0 aliphatic carbocycles. The maximum absolute atomic E-state index is 13.5. The molecule has 20 heavy (non-hydrogen) atoms. The van der Waals surface area contributed by atoms with Gasteiger partial charge in [-0.25, -0.2) is 17.6 Å². The molecule has 0 amide bonds. The third kappa shape index (κ3) is 4.04. The molecule has 0 atom stereocenters. The van der Waals surface area contributed by atoms with Gasteiger partial charge in [0.2, 0.25) is 10.0 Å². The van der Waals surface area contributed by atoms with Crippen molar-refractivity contribution in [2.75, 3.05) is 24.3 Å². The van der Waals surface area contributed by atoms with E-state index in [0.717, 1.165) is 19.2 Å². The highest BCUT2D eigenvalue weighted by Crippen LogP contribution is 2.29. The van der Waals surface area contributed by atoms with Crippen molar-refractivity contribution in [3.8, 4) is 0 Å². The van der Waals surface area contributed by atoms with Crippen molar-refractivity contribution in [2.45, 2.75) is 6.42 Å². The second-order valence-corrected chi connectivity index (χ2v) is 5.96. The van der Waals surface area contributed by atoms with E-state index in [2.05, 4.69) is 9.46 Å². The van der Waals surface area contributed by atoms with Gasteiger partial charge in [0.1, 0.15) is 11.4 Å². The number of hydrogen-bond acceptors (Lipinski definition) is 4. The van der Waals surface area contributed by atoms with E-state index in [4.69, 9.17) is 11.6 Å². The first-order valence-corrected chi connectivity index (χ1v) is 7.48. The van der Waals surface area contributed by atoms with Crippen LogP contribution in [0.5, 0.6) is 0 Å². The molecule has 1 N–H and O–H groups in total. The maximum Gasteiger partial charge on any atom is 0.342 e. The standard InChI is InChI=1S/C11H12ClF2NO4S/c1-19-11(16)9-7(14)3-4-8(10(9)12)15-20(17,18)6-2-5-13/h3-4,15H,2,5-6H2,1H3. The molecular formula is C11H12ClF2NO4S. The minimum atomic E-state index is -3.83. The van der Waals surface area contributed by atoms with Crippen LogP contribution in [0.3, 0.4) is 0 Å². The molecule has 0 saturated heterocycles. The Morgan fingerprint density at radius 1 is 1.45 bits per heavy atom. The smallest absolute Gasteiger partial charge is 0.342 e.